The SMILES string of the molecule is O=C(CN(Cc1ccccc1)S(=O)(=O)c1cc(Cl)ccc1Cl)Nc1ccccc1. The first-order valence-corrected chi connectivity index (χ1v) is 10.9. The van der Waals surface area contributed by atoms with Crippen LogP contribution in [0.1, 0.15) is 5.56 Å². The zero-order valence-electron chi connectivity index (χ0n) is 15.3. The number of anilines is 1. The number of carbonyl (C=O) groups excluding carboxylic acids is 1. The summed E-state index contributed by atoms with van der Waals surface area (Å²) in [7, 11) is -4.08. The number of benzene rings is 3. The summed E-state index contributed by atoms with van der Waals surface area (Å²) in [5, 5.41) is 2.98. The minimum absolute atomic E-state index is 0.00816. The summed E-state index contributed by atoms with van der Waals surface area (Å²) in [6.45, 7) is -0.372. The molecule has 3 aromatic rings. The lowest BCUT2D eigenvalue weighted by Crippen LogP contribution is -2.37. The maximum Gasteiger partial charge on any atom is 0.245 e. The molecule has 0 aromatic heterocycles. The first kappa shape index (κ1) is 21.3. The van der Waals surface area contributed by atoms with Gasteiger partial charge in [-0.05, 0) is 35.9 Å². The smallest absolute Gasteiger partial charge is 0.245 e. The Hall–Kier alpha value is -2.38. The number of carbonyl (C=O) groups is 1. The Kier molecular flexibility index (Phi) is 6.92. The second kappa shape index (κ2) is 9.41. The number of nitrogens with one attached hydrogen (secondary N) is 1. The van der Waals surface area contributed by atoms with Crippen LogP contribution in [0.5, 0.6) is 0 Å². The number of hydrogen-bond donors (Lipinski definition) is 1. The average Bonchev–Trinajstić information content (AvgIpc) is 2.70. The molecule has 0 saturated heterocycles. The zero-order chi connectivity index (χ0) is 20.9. The molecule has 8 heteroatoms. The van der Waals surface area contributed by atoms with Crippen LogP contribution in [0.4, 0.5) is 5.69 Å². The van der Waals surface area contributed by atoms with E-state index in [0.29, 0.717) is 5.69 Å². The number of para-hydroxylation sites is 1. The van der Waals surface area contributed by atoms with Crippen molar-refractivity contribution < 1.29 is 13.2 Å². The number of sulfonamides is 1. The second-order valence-corrected chi connectivity index (χ2v) is 9.00. The van der Waals surface area contributed by atoms with Gasteiger partial charge in [0.1, 0.15) is 4.90 Å². The number of nitrogens with zero attached hydrogens (tertiary/aromatic N) is 1. The molecule has 5 nitrogen and oxygen atoms in total. The molecular formula is C21H18Cl2N2O3S. The van der Waals surface area contributed by atoms with Gasteiger partial charge in [-0.1, -0.05) is 71.7 Å². The van der Waals surface area contributed by atoms with E-state index in [-0.39, 0.29) is 28.0 Å². The second-order valence-electron chi connectivity index (χ2n) is 6.25. The summed E-state index contributed by atoms with van der Waals surface area (Å²) in [5.74, 6) is -0.464. The lowest BCUT2D eigenvalue weighted by molar-refractivity contribution is -0.116. The van der Waals surface area contributed by atoms with Crippen LogP contribution in [0.2, 0.25) is 10.0 Å². The van der Waals surface area contributed by atoms with Gasteiger partial charge in [0.15, 0.2) is 0 Å². The molecule has 1 amide bonds. The Morgan fingerprint density at radius 2 is 1.52 bits per heavy atom. The van der Waals surface area contributed by atoms with Crippen LogP contribution in [0, 0.1) is 0 Å². The van der Waals surface area contributed by atoms with Crippen molar-refractivity contribution in [1.29, 1.82) is 0 Å². The average molecular weight is 449 g/mol. The standard InChI is InChI=1S/C21H18Cl2N2O3S/c22-17-11-12-19(23)20(13-17)29(27,28)25(14-16-7-3-1-4-8-16)15-21(26)24-18-9-5-2-6-10-18/h1-13H,14-15H2,(H,24,26). The normalized spacial score (nSPS) is 11.4. The van der Waals surface area contributed by atoms with E-state index < -0.39 is 15.9 Å². The molecule has 3 rings (SSSR count). The van der Waals surface area contributed by atoms with Crippen molar-refractivity contribution in [3.8, 4) is 0 Å². The molecule has 1 N–H and O–H groups in total. The fourth-order valence-electron chi connectivity index (χ4n) is 2.71. The van der Waals surface area contributed by atoms with E-state index in [1.54, 1.807) is 48.5 Å². The van der Waals surface area contributed by atoms with Crippen molar-refractivity contribution >= 4 is 44.8 Å². The Balaban J connectivity index is 1.92. The minimum Gasteiger partial charge on any atom is -0.325 e. The third kappa shape index (κ3) is 5.58. The summed E-state index contributed by atoms with van der Waals surface area (Å²) in [4.78, 5) is 12.4. The van der Waals surface area contributed by atoms with Crippen LogP contribution in [0.15, 0.2) is 83.8 Å². The molecular weight excluding hydrogens is 431 g/mol. The Morgan fingerprint density at radius 1 is 0.897 bits per heavy atom. The van der Waals surface area contributed by atoms with Gasteiger partial charge in [-0.15, -0.1) is 0 Å². The topological polar surface area (TPSA) is 66.5 Å². The van der Waals surface area contributed by atoms with Gasteiger partial charge in [0.05, 0.1) is 11.6 Å². The number of amides is 1. The molecule has 0 radical (unpaired) electrons. The van der Waals surface area contributed by atoms with Gasteiger partial charge in [0, 0.05) is 17.3 Å². The predicted molar refractivity (Wildman–Crippen MR) is 116 cm³/mol. The van der Waals surface area contributed by atoms with Crippen molar-refractivity contribution in [2.24, 2.45) is 0 Å². The molecule has 0 aliphatic rings. The third-order valence-electron chi connectivity index (χ3n) is 4.09. The maximum absolute atomic E-state index is 13.3. The van der Waals surface area contributed by atoms with Crippen LogP contribution in [-0.4, -0.2) is 25.2 Å². The summed E-state index contributed by atoms with van der Waals surface area (Å²) in [6, 6.07) is 22.0. The molecule has 0 aliphatic carbocycles. The maximum atomic E-state index is 13.3. The fourth-order valence-corrected chi connectivity index (χ4v) is 4.83. The van der Waals surface area contributed by atoms with Crippen molar-refractivity contribution in [2.75, 3.05) is 11.9 Å². The van der Waals surface area contributed by atoms with Crippen LogP contribution in [-0.2, 0) is 21.4 Å². The molecule has 0 unspecified atom stereocenters. The molecule has 150 valence electrons. The van der Waals surface area contributed by atoms with Gasteiger partial charge >= 0.3 is 0 Å². The largest absolute Gasteiger partial charge is 0.325 e. The quantitative estimate of drug-likeness (QED) is 0.562. The summed E-state index contributed by atoms with van der Waals surface area (Å²) in [6.07, 6.45) is 0. The van der Waals surface area contributed by atoms with Gasteiger partial charge in [0.2, 0.25) is 15.9 Å². The lowest BCUT2D eigenvalue weighted by Gasteiger charge is -2.22. The van der Waals surface area contributed by atoms with Crippen LogP contribution < -0.4 is 5.32 Å². The van der Waals surface area contributed by atoms with E-state index in [4.69, 9.17) is 23.2 Å². The van der Waals surface area contributed by atoms with Crippen LogP contribution in [0.3, 0.4) is 0 Å². The van der Waals surface area contributed by atoms with E-state index in [1.165, 1.54) is 18.2 Å². The zero-order valence-corrected chi connectivity index (χ0v) is 17.6. The Labute approximate surface area is 179 Å². The summed E-state index contributed by atoms with van der Waals surface area (Å²) >= 11 is 12.1. The third-order valence-corrected chi connectivity index (χ3v) is 6.60. The minimum atomic E-state index is -4.08. The molecule has 0 atom stereocenters. The highest BCUT2D eigenvalue weighted by Gasteiger charge is 2.29. The van der Waals surface area contributed by atoms with Crippen molar-refractivity contribution in [1.82, 2.24) is 4.31 Å². The highest BCUT2D eigenvalue weighted by atomic mass is 35.5. The van der Waals surface area contributed by atoms with Gasteiger partial charge in [-0.25, -0.2) is 8.42 Å². The van der Waals surface area contributed by atoms with Crippen molar-refractivity contribution in [3.05, 3.63) is 94.5 Å². The molecule has 0 saturated carbocycles. The van der Waals surface area contributed by atoms with E-state index in [1.807, 2.05) is 12.1 Å². The first-order valence-electron chi connectivity index (χ1n) is 8.70. The molecule has 0 aliphatic heterocycles. The summed E-state index contributed by atoms with van der Waals surface area (Å²) in [5.41, 5.74) is 1.32. The van der Waals surface area contributed by atoms with E-state index in [0.717, 1.165) is 9.87 Å². The van der Waals surface area contributed by atoms with Gasteiger partial charge in [-0.2, -0.15) is 4.31 Å². The molecule has 0 heterocycles. The number of rotatable bonds is 7. The van der Waals surface area contributed by atoms with Gasteiger partial charge < -0.3 is 5.32 Å². The molecule has 0 bridgehead atoms. The highest BCUT2D eigenvalue weighted by molar-refractivity contribution is 7.89. The molecule has 3 aromatic carbocycles. The fraction of sp³-hybridized carbons (Fsp3) is 0.0952. The number of halogens is 2. The first-order chi connectivity index (χ1) is 13.9. The lowest BCUT2D eigenvalue weighted by atomic mass is 10.2. The Morgan fingerprint density at radius 3 is 2.17 bits per heavy atom. The van der Waals surface area contributed by atoms with E-state index in [9.17, 15) is 13.2 Å². The van der Waals surface area contributed by atoms with E-state index in [2.05, 4.69) is 5.32 Å². The predicted octanol–water partition coefficient (Wildman–Crippen LogP) is 4.82. The van der Waals surface area contributed by atoms with Crippen molar-refractivity contribution in [3.63, 3.8) is 0 Å². The molecule has 0 fully saturated rings. The molecule has 29 heavy (non-hydrogen) atoms. The van der Waals surface area contributed by atoms with Crippen LogP contribution in [0.25, 0.3) is 0 Å². The van der Waals surface area contributed by atoms with E-state index >= 15 is 0 Å². The van der Waals surface area contributed by atoms with Gasteiger partial charge in [-0.3, -0.25) is 4.79 Å². The highest BCUT2D eigenvalue weighted by Crippen LogP contribution is 2.28. The van der Waals surface area contributed by atoms with Crippen LogP contribution >= 0.6 is 23.2 Å². The van der Waals surface area contributed by atoms with Crippen molar-refractivity contribution in [2.45, 2.75) is 11.4 Å². The van der Waals surface area contributed by atoms with Gasteiger partial charge in [0.25, 0.3) is 0 Å². The monoisotopic (exact) mass is 448 g/mol. The molecule has 0 spiro atoms. The number of hydrogen-bond acceptors (Lipinski definition) is 3. The Bertz CT molecular complexity index is 1090. The summed E-state index contributed by atoms with van der Waals surface area (Å²) < 4.78 is 27.7.